The van der Waals surface area contributed by atoms with Crippen LogP contribution in [0.25, 0.3) is 0 Å². The van der Waals surface area contributed by atoms with Gasteiger partial charge in [-0.15, -0.1) is 0 Å². The van der Waals surface area contributed by atoms with Crippen LogP contribution in [0.1, 0.15) is 12.1 Å². The minimum absolute atomic E-state index is 0.00306. The number of H-pyrrole nitrogens is 1. The second-order valence-corrected chi connectivity index (χ2v) is 3.75. The normalized spacial score (nSPS) is 20.6. The van der Waals surface area contributed by atoms with Crippen LogP contribution >= 0.6 is 0 Å². The number of rotatable bonds is 4. The number of amides is 1. The minimum Gasteiger partial charge on any atom is -0.375 e. The lowest BCUT2D eigenvalue weighted by Crippen LogP contribution is -2.41. The van der Waals surface area contributed by atoms with Crippen LogP contribution in [0.5, 0.6) is 0 Å². The summed E-state index contributed by atoms with van der Waals surface area (Å²) in [6, 6.07) is 0. The smallest absolute Gasteiger partial charge is 0.222 e. The van der Waals surface area contributed by atoms with Crippen molar-refractivity contribution in [2.75, 3.05) is 19.7 Å². The predicted molar refractivity (Wildman–Crippen MR) is 57.7 cm³/mol. The van der Waals surface area contributed by atoms with Gasteiger partial charge in [0.2, 0.25) is 5.91 Å². The topological polar surface area (TPSA) is 79.0 Å². The molecule has 0 aliphatic carbocycles. The van der Waals surface area contributed by atoms with Crippen LogP contribution in [0.15, 0.2) is 12.5 Å². The van der Waals surface area contributed by atoms with E-state index in [2.05, 4.69) is 20.6 Å². The van der Waals surface area contributed by atoms with Gasteiger partial charge in [0, 0.05) is 19.3 Å². The molecule has 0 saturated carbocycles. The van der Waals surface area contributed by atoms with E-state index in [0.717, 1.165) is 18.8 Å². The second-order valence-electron chi connectivity index (χ2n) is 3.75. The summed E-state index contributed by atoms with van der Waals surface area (Å²) >= 11 is 0. The summed E-state index contributed by atoms with van der Waals surface area (Å²) in [6.07, 6.45) is 3.69. The fourth-order valence-corrected chi connectivity index (χ4v) is 1.60. The molecule has 1 amide bonds. The molecule has 1 fully saturated rings. The average Bonchev–Trinajstić information content (AvgIpc) is 2.81. The monoisotopic (exact) mass is 224 g/mol. The summed E-state index contributed by atoms with van der Waals surface area (Å²) in [5.74, 6) is 0.00306. The van der Waals surface area contributed by atoms with Crippen LogP contribution in [-0.2, 0) is 16.1 Å². The predicted octanol–water partition coefficient (Wildman–Crippen LogP) is -0.596. The molecule has 2 rings (SSSR count). The van der Waals surface area contributed by atoms with E-state index in [1.807, 2.05) is 0 Å². The number of carbonyl (C=O) groups excluding carboxylic acids is 1. The zero-order chi connectivity index (χ0) is 11.2. The van der Waals surface area contributed by atoms with Crippen molar-refractivity contribution in [2.45, 2.75) is 19.1 Å². The third-order valence-electron chi connectivity index (χ3n) is 2.45. The minimum atomic E-state index is -0.00415. The zero-order valence-electron chi connectivity index (χ0n) is 9.03. The highest BCUT2D eigenvalue weighted by atomic mass is 16.5. The summed E-state index contributed by atoms with van der Waals surface area (Å²) in [5.41, 5.74) is 0.899. The first-order chi connectivity index (χ1) is 7.84. The van der Waals surface area contributed by atoms with E-state index in [9.17, 15) is 4.79 Å². The van der Waals surface area contributed by atoms with Crippen LogP contribution < -0.4 is 10.6 Å². The number of hydrogen-bond acceptors (Lipinski definition) is 4. The SMILES string of the molecule is O=C(CC1CNCCO1)NCc1cnc[nH]1. The van der Waals surface area contributed by atoms with E-state index in [0.29, 0.717) is 19.6 Å². The van der Waals surface area contributed by atoms with E-state index in [1.165, 1.54) is 0 Å². The van der Waals surface area contributed by atoms with Gasteiger partial charge < -0.3 is 20.4 Å². The third kappa shape index (κ3) is 3.32. The van der Waals surface area contributed by atoms with Crippen LogP contribution in [0, 0.1) is 0 Å². The second kappa shape index (κ2) is 5.62. The van der Waals surface area contributed by atoms with Gasteiger partial charge in [0.1, 0.15) is 0 Å². The third-order valence-corrected chi connectivity index (χ3v) is 2.45. The quantitative estimate of drug-likeness (QED) is 0.638. The van der Waals surface area contributed by atoms with Gasteiger partial charge in [-0.25, -0.2) is 4.98 Å². The van der Waals surface area contributed by atoms with Gasteiger partial charge in [0.05, 0.1) is 37.7 Å². The van der Waals surface area contributed by atoms with Crippen molar-refractivity contribution in [3.05, 3.63) is 18.2 Å². The molecule has 2 heterocycles. The first-order valence-electron chi connectivity index (χ1n) is 5.41. The largest absolute Gasteiger partial charge is 0.375 e. The summed E-state index contributed by atoms with van der Waals surface area (Å²) in [7, 11) is 0. The van der Waals surface area contributed by atoms with Gasteiger partial charge in [-0.2, -0.15) is 0 Å². The Kier molecular flexibility index (Phi) is 3.90. The Labute approximate surface area is 93.8 Å². The molecule has 1 aromatic rings. The Morgan fingerprint density at radius 3 is 3.31 bits per heavy atom. The molecule has 0 radical (unpaired) electrons. The molecule has 6 heteroatoms. The molecule has 1 aromatic heterocycles. The van der Waals surface area contributed by atoms with Crippen molar-refractivity contribution in [3.63, 3.8) is 0 Å². The van der Waals surface area contributed by atoms with Crippen molar-refractivity contribution < 1.29 is 9.53 Å². The highest BCUT2D eigenvalue weighted by molar-refractivity contribution is 5.76. The molecular weight excluding hydrogens is 208 g/mol. The number of nitrogens with one attached hydrogen (secondary N) is 3. The zero-order valence-corrected chi connectivity index (χ0v) is 9.03. The van der Waals surface area contributed by atoms with Crippen molar-refractivity contribution in [3.8, 4) is 0 Å². The van der Waals surface area contributed by atoms with Crippen molar-refractivity contribution in [1.82, 2.24) is 20.6 Å². The molecule has 1 saturated heterocycles. The molecule has 1 unspecified atom stereocenters. The van der Waals surface area contributed by atoms with Gasteiger partial charge in [-0.3, -0.25) is 4.79 Å². The summed E-state index contributed by atoms with van der Waals surface area (Å²) < 4.78 is 5.44. The first kappa shape index (κ1) is 11.1. The molecule has 1 aliphatic heterocycles. The first-order valence-corrected chi connectivity index (χ1v) is 5.41. The Balaban J connectivity index is 1.67. The summed E-state index contributed by atoms with van der Waals surface area (Å²) in [5, 5.41) is 6.00. The molecule has 0 aromatic carbocycles. The van der Waals surface area contributed by atoms with Gasteiger partial charge in [0.25, 0.3) is 0 Å². The maximum Gasteiger partial charge on any atom is 0.222 e. The Morgan fingerprint density at radius 1 is 1.69 bits per heavy atom. The Hall–Kier alpha value is -1.40. The molecule has 1 atom stereocenters. The summed E-state index contributed by atoms with van der Waals surface area (Å²) in [6.45, 7) is 2.78. The standard InChI is InChI=1S/C10H16N4O2/c15-10(3-9-6-11-1-2-16-9)13-5-8-4-12-7-14-8/h4,7,9,11H,1-3,5-6H2,(H,12,14)(H,13,15). The molecule has 3 N–H and O–H groups in total. The number of aromatic nitrogens is 2. The lowest BCUT2D eigenvalue weighted by Gasteiger charge is -2.22. The Morgan fingerprint density at radius 2 is 2.62 bits per heavy atom. The molecule has 0 spiro atoms. The number of morpholine rings is 1. The van der Waals surface area contributed by atoms with Crippen LogP contribution in [0.3, 0.4) is 0 Å². The van der Waals surface area contributed by atoms with Crippen molar-refractivity contribution >= 4 is 5.91 Å². The Bertz CT molecular complexity index is 320. The number of imidazole rings is 1. The highest BCUT2D eigenvalue weighted by Crippen LogP contribution is 2.01. The van der Waals surface area contributed by atoms with Crippen molar-refractivity contribution in [1.29, 1.82) is 0 Å². The van der Waals surface area contributed by atoms with Crippen LogP contribution in [-0.4, -0.2) is 41.7 Å². The average molecular weight is 224 g/mol. The fraction of sp³-hybridized carbons (Fsp3) is 0.600. The molecule has 88 valence electrons. The number of aromatic amines is 1. The van der Waals surface area contributed by atoms with Gasteiger partial charge in [-0.05, 0) is 0 Å². The number of nitrogens with zero attached hydrogens (tertiary/aromatic N) is 1. The molecule has 1 aliphatic rings. The number of ether oxygens (including phenoxy) is 1. The van der Waals surface area contributed by atoms with Crippen molar-refractivity contribution in [2.24, 2.45) is 0 Å². The summed E-state index contributed by atoms with van der Waals surface area (Å²) in [4.78, 5) is 18.4. The van der Waals surface area contributed by atoms with E-state index >= 15 is 0 Å². The number of hydrogen-bond donors (Lipinski definition) is 3. The van der Waals surface area contributed by atoms with Gasteiger partial charge >= 0.3 is 0 Å². The maximum atomic E-state index is 11.6. The van der Waals surface area contributed by atoms with E-state index in [-0.39, 0.29) is 12.0 Å². The lowest BCUT2D eigenvalue weighted by molar-refractivity contribution is -0.124. The van der Waals surface area contributed by atoms with E-state index < -0.39 is 0 Å². The van der Waals surface area contributed by atoms with E-state index in [4.69, 9.17) is 4.74 Å². The maximum absolute atomic E-state index is 11.6. The molecular formula is C10H16N4O2. The van der Waals surface area contributed by atoms with Crippen LogP contribution in [0.4, 0.5) is 0 Å². The van der Waals surface area contributed by atoms with E-state index in [1.54, 1.807) is 12.5 Å². The highest BCUT2D eigenvalue weighted by Gasteiger charge is 2.16. The molecule has 6 nitrogen and oxygen atoms in total. The molecule has 0 bridgehead atoms. The van der Waals surface area contributed by atoms with Gasteiger partial charge in [0.15, 0.2) is 0 Å². The number of carbonyl (C=O) groups is 1. The van der Waals surface area contributed by atoms with Gasteiger partial charge in [-0.1, -0.05) is 0 Å². The van der Waals surface area contributed by atoms with Crippen LogP contribution in [0.2, 0.25) is 0 Å². The lowest BCUT2D eigenvalue weighted by atomic mass is 10.2. The molecule has 16 heavy (non-hydrogen) atoms. The fourth-order valence-electron chi connectivity index (χ4n) is 1.60.